The Balaban J connectivity index is 2.55. The Morgan fingerprint density at radius 1 is 0.487 bits per heavy atom. The van der Waals surface area contributed by atoms with Crippen LogP contribution in [0.15, 0.2) is 60.8 Å². The zero-order chi connectivity index (χ0) is 58.2. The molecule has 0 aromatic rings. The van der Waals surface area contributed by atoms with Crippen LogP contribution in [0.4, 0.5) is 0 Å². The van der Waals surface area contributed by atoms with Gasteiger partial charge in [0.2, 0.25) is 5.91 Å². The van der Waals surface area contributed by atoms with Gasteiger partial charge >= 0.3 is 5.97 Å². The van der Waals surface area contributed by atoms with Gasteiger partial charge in [0.05, 0.1) is 25.4 Å². The van der Waals surface area contributed by atoms with Gasteiger partial charge in [0.15, 0.2) is 12.4 Å². The highest BCUT2D eigenvalue weighted by atomic mass is 16.7. The fraction of sp³-hybridized carbons (Fsp3) is 0.826. The Labute approximate surface area is 490 Å². The minimum absolute atomic E-state index is 0.120. The van der Waals surface area contributed by atoms with E-state index in [9.17, 15) is 35.1 Å². The predicted octanol–water partition coefficient (Wildman–Crippen LogP) is 16.6. The molecule has 1 aliphatic heterocycles. The molecule has 0 saturated carbocycles. The highest BCUT2D eigenvalue weighted by Gasteiger charge is 2.47. The van der Waals surface area contributed by atoms with Crippen molar-refractivity contribution in [2.24, 2.45) is 0 Å². The quantitative estimate of drug-likeness (QED) is 0.0195. The number of hydrogen-bond donors (Lipinski definition) is 6. The first-order chi connectivity index (χ1) is 39.2. The molecule has 466 valence electrons. The highest BCUT2D eigenvalue weighted by molar-refractivity contribution is 5.80. The molecular weight excluding hydrogens is 1000 g/mol. The Kier molecular flexibility index (Phi) is 53.5. The van der Waals surface area contributed by atoms with Gasteiger partial charge in [0.25, 0.3) is 0 Å². The molecule has 1 aliphatic rings. The van der Waals surface area contributed by atoms with Crippen LogP contribution >= 0.6 is 0 Å². The lowest BCUT2D eigenvalue weighted by atomic mass is 9.99. The second-order valence-electron chi connectivity index (χ2n) is 23.2. The largest absolute Gasteiger partial charge is 0.454 e. The molecule has 80 heavy (non-hydrogen) atoms. The first-order valence-corrected chi connectivity index (χ1v) is 33.6. The number of hydrogen-bond acceptors (Lipinski definition) is 10. The van der Waals surface area contributed by atoms with Gasteiger partial charge in [-0.25, -0.2) is 0 Å². The van der Waals surface area contributed by atoms with Crippen molar-refractivity contribution in [2.45, 2.75) is 352 Å². The predicted molar refractivity (Wildman–Crippen MR) is 333 cm³/mol. The highest BCUT2D eigenvalue weighted by Crippen LogP contribution is 2.26. The van der Waals surface area contributed by atoms with E-state index in [2.05, 4.69) is 74.7 Å². The first kappa shape index (κ1) is 75.4. The maximum atomic E-state index is 13.4. The first-order valence-electron chi connectivity index (χ1n) is 33.6. The van der Waals surface area contributed by atoms with E-state index in [-0.39, 0.29) is 13.0 Å². The average molecular weight is 1130 g/mol. The number of allylic oxidation sites excluding steroid dienone is 9. The van der Waals surface area contributed by atoms with Gasteiger partial charge < -0.3 is 45.1 Å². The van der Waals surface area contributed by atoms with E-state index in [1.807, 2.05) is 6.08 Å². The van der Waals surface area contributed by atoms with Gasteiger partial charge in [0.1, 0.15) is 24.4 Å². The summed E-state index contributed by atoms with van der Waals surface area (Å²) in [4.78, 5) is 26.6. The molecule has 6 N–H and O–H groups in total. The third kappa shape index (κ3) is 44.0. The Morgan fingerprint density at radius 3 is 1.31 bits per heavy atom. The number of nitrogens with one attached hydrogen (secondary N) is 1. The number of unbranched alkanes of at least 4 members (excludes halogenated alkanes) is 35. The van der Waals surface area contributed by atoms with E-state index in [0.29, 0.717) is 19.3 Å². The lowest BCUT2D eigenvalue weighted by Gasteiger charge is -2.41. The normalized spacial score (nSPS) is 19.1. The van der Waals surface area contributed by atoms with E-state index >= 15 is 0 Å². The second kappa shape index (κ2) is 56.8. The Bertz CT molecular complexity index is 1530. The van der Waals surface area contributed by atoms with Gasteiger partial charge in [-0.1, -0.05) is 287 Å². The molecule has 0 bridgehead atoms. The molecule has 0 spiro atoms. The number of rotatable bonds is 57. The van der Waals surface area contributed by atoms with Crippen LogP contribution in [-0.2, 0) is 23.8 Å². The van der Waals surface area contributed by atoms with E-state index in [1.165, 1.54) is 173 Å². The van der Waals surface area contributed by atoms with E-state index in [1.54, 1.807) is 6.08 Å². The van der Waals surface area contributed by atoms with E-state index in [4.69, 9.17) is 14.2 Å². The number of aliphatic hydroxyl groups is 5. The summed E-state index contributed by atoms with van der Waals surface area (Å²) in [5, 5.41) is 57.0. The number of carbonyl (C=O) groups is 2. The minimum atomic E-state index is -1.61. The summed E-state index contributed by atoms with van der Waals surface area (Å²) < 4.78 is 17.7. The summed E-state index contributed by atoms with van der Waals surface area (Å²) in [6, 6.07) is -1.02. The summed E-state index contributed by atoms with van der Waals surface area (Å²) in [5.74, 6) is -1.19. The number of esters is 1. The molecule has 8 unspecified atom stereocenters. The maximum Gasteiger partial charge on any atom is 0.306 e. The van der Waals surface area contributed by atoms with E-state index < -0.39 is 67.4 Å². The van der Waals surface area contributed by atoms with Gasteiger partial charge in [-0.15, -0.1) is 0 Å². The SMILES string of the molecule is CCCCC/C=C\C/C=C\C/C=C\C/C=C\CCCCCCCCCCCCCC(=O)OC1C(OCC(NC(=O)C(O)CCCCCCCCCCCCCC)C(O)/C=C/CCCCCCCCCCCC)OC(CO)C(O)C1O. The van der Waals surface area contributed by atoms with Crippen LogP contribution in [0.1, 0.15) is 303 Å². The molecule has 0 aromatic heterocycles. The summed E-state index contributed by atoms with van der Waals surface area (Å²) in [7, 11) is 0. The van der Waals surface area contributed by atoms with Gasteiger partial charge in [-0.2, -0.15) is 0 Å². The minimum Gasteiger partial charge on any atom is -0.454 e. The summed E-state index contributed by atoms with van der Waals surface area (Å²) >= 11 is 0. The van der Waals surface area contributed by atoms with Crippen molar-refractivity contribution in [1.29, 1.82) is 0 Å². The lowest BCUT2D eigenvalue weighted by molar-refractivity contribution is -0.305. The van der Waals surface area contributed by atoms with Crippen molar-refractivity contribution >= 4 is 11.9 Å². The van der Waals surface area contributed by atoms with Gasteiger partial charge in [0, 0.05) is 6.42 Å². The molecule has 8 atom stereocenters. The molecule has 11 heteroatoms. The van der Waals surface area contributed by atoms with Crippen LogP contribution in [0, 0.1) is 0 Å². The summed E-state index contributed by atoms with van der Waals surface area (Å²) in [6.07, 6.45) is 61.2. The Morgan fingerprint density at radius 2 is 0.863 bits per heavy atom. The molecule has 0 aliphatic carbocycles. The third-order valence-electron chi connectivity index (χ3n) is 15.7. The third-order valence-corrected chi connectivity index (χ3v) is 15.7. The van der Waals surface area contributed by atoms with E-state index in [0.717, 1.165) is 83.5 Å². The maximum absolute atomic E-state index is 13.4. The number of carbonyl (C=O) groups excluding carboxylic acids is 2. The van der Waals surface area contributed by atoms with Crippen LogP contribution in [0.25, 0.3) is 0 Å². The molecule has 1 amide bonds. The molecule has 1 fully saturated rings. The van der Waals surface area contributed by atoms with Crippen LogP contribution < -0.4 is 5.32 Å². The molecular formula is C69H125NO10. The zero-order valence-electron chi connectivity index (χ0n) is 51.7. The van der Waals surface area contributed by atoms with Crippen molar-refractivity contribution in [2.75, 3.05) is 13.2 Å². The number of amides is 1. The van der Waals surface area contributed by atoms with Crippen LogP contribution in [0.2, 0.25) is 0 Å². The topological polar surface area (TPSA) is 175 Å². The smallest absolute Gasteiger partial charge is 0.306 e. The second-order valence-corrected chi connectivity index (χ2v) is 23.2. The summed E-state index contributed by atoms with van der Waals surface area (Å²) in [6.45, 7) is 5.77. The van der Waals surface area contributed by atoms with Gasteiger partial charge in [-0.3, -0.25) is 9.59 Å². The van der Waals surface area contributed by atoms with Crippen LogP contribution in [0.5, 0.6) is 0 Å². The van der Waals surface area contributed by atoms with Crippen molar-refractivity contribution in [3.63, 3.8) is 0 Å². The van der Waals surface area contributed by atoms with Crippen LogP contribution in [0.3, 0.4) is 0 Å². The standard InChI is InChI=1S/C69H125NO10/c1-4-7-10-13-16-19-22-25-26-27-28-29-30-31-32-33-34-35-36-37-38-39-42-45-48-51-54-57-64(74)80-67-66(76)65(75)63(58-71)79-69(67)78-59-60(61(72)55-52-49-46-43-40-23-20-17-14-11-8-5-2)70-68(77)62(73)56-53-50-47-44-41-24-21-18-15-12-9-6-3/h16,19,25-26,28-29,31-32,52,55,60-63,65-67,69,71-73,75-76H,4-15,17-18,20-24,27,30,33-51,53-54,56-59H2,1-3H3,(H,70,77)/b19-16-,26-25-,29-28-,32-31-,55-52+. The average Bonchev–Trinajstić information content (AvgIpc) is 3.46. The fourth-order valence-corrected chi connectivity index (χ4v) is 10.3. The zero-order valence-corrected chi connectivity index (χ0v) is 51.7. The van der Waals surface area contributed by atoms with Crippen molar-refractivity contribution < 1.29 is 49.3 Å². The van der Waals surface area contributed by atoms with Crippen molar-refractivity contribution in [1.82, 2.24) is 5.32 Å². The molecule has 0 radical (unpaired) electrons. The fourth-order valence-electron chi connectivity index (χ4n) is 10.3. The summed E-state index contributed by atoms with van der Waals surface area (Å²) in [5.41, 5.74) is 0. The number of ether oxygens (including phenoxy) is 3. The lowest BCUT2D eigenvalue weighted by Crippen LogP contribution is -2.61. The van der Waals surface area contributed by atoms with Crippen LogP contribution in [-0.4, -0.2) is 99.6 Å². The molecule has 11 nitrogen and oxygen atoms in total. The molecule has 0 aromatic carbocycles. The molecule has 1 heterocycles. The van der Waals surface area contributed by atoms with Crippen molar-refractivity contribution in [3.8, 4) is 0 Å². The number of aliphatic hydroxyl groups excluding tert-OH is 5. The van der Waals surface area contributed by atoms with Crippen molar-refractivity contribution in [3.05, 3.63) is 60.8 Å². The monoisotopic (exact) mass is 1130 g/mol. The molecule has 1 saturated heterocycles. The molecule has 1 rings (SSSR count). The Hall–Kier alpha value is -2.64. The van der Waals surface area contributed by atoms with Gasteiger partial charge in [-0.05, 0) is 70.6 Å².